The number of benzene rings is 1. The molecule has 0 N–H and O–H groups in total. The summed E-state index contributed by atoms with van der Waals surface area (Å²) in [6, 6.07) is 10.2. The smallest absolute Gasteiger partial charge is 0.146 e. The first-order chi connectivity index (χ1) is 9.40. The number of rotatable bonds is 2. The van der Waals surface area contributed by atoms with Gasteiger partial charge in [-0.2, -0.15) is 0 Å². The summed E-state index contributed by atoms with van der Waals surface area (Å²) in [7, 11) is 0. The van der Waals surface area contributed by atoms with Gasteiger partial charge in [-0.25, -0.2) is 0 Å². The molecule has 0 saturated heterocycles. The van der Waals surface area contributed by atoms with Crippen LogP contribution in [0.4, 0.5) is 0 Å². The lowest BCUT2D eigenvalue weighted by atomic mass is 9.94. The van der Waals surface area contributed by atoms with Crippen molar-refractivity contribution in [3.8, 4) is 11.8 Å². The third kappa shape index (κ3) is 4.41. The Labute approximate surface area is 115 Å². The second-order valence-corrected chi connectivity index (χ2v) is 5.00. The quantitative estimate of drug-likeness (QED) is 0.572. The van der Waals surface area contributed by atoms with E-state index in [9.17, 15) is 4.79 Å². The Kier molecular flexibility index (Phi) is 5.44. The summed E-state index contributed by atoms with van der Waals surface area (Å²) >= 11 is 0. The van der Waals surface area contributed by atoms with Crippen molar-refractivity contribution in [2.45, 2.75) is 44.9 Å². The number of carbonyl (C=O) groups is 1. The van der Waals surface area contributed by atoms with Gasteiger partial charge in [0.1, 0.15) is 6.29 Å². The summed E-state index contributed by atoms with van der Waals surface area (Å²) in [6.45, 7) is 0. The number of aldehydes is 1. The Bertz CT molecular complexity index is 499. The minimum atomic E-state index is 0.760. The van der Waals surface area contributed by atoms with Gasteiger partial charge in [-0.3, -0.25) is 4.79 Å². The van der Waals surface area contributed by atoms with Crippen molar-refractivity contribution in [3.05, 3.63) is 47.0 Å². The second kappa shape index (κ2) is 7.59. The van der Waals surface area contributed by atoms with Crippen LogP contribution in [0.3, 0.4) is 0 Å². The highest BCUT2D eigenvalue weighted by molar-refractivity contribution is 5.76. The Morgan fingerprint density at radius 2 is 1.74 bits per heavy atom. The molecule has 1 heteroatoms. The van der Waals surface area contributed by atoms with Gasteiger partial charge in [-0.15, -0.1) is 0 Å². The highest BCUT2D eigenvalue weighted by atomic mass is 16.1. The maximum Gasteiger partial charge on any atom is 0.146 e. The molecule has 1 aromatic rings. The van der Waals surface area contributed by atoms with E-state index in [0.717, 1.165) is 49.5 Å². The van der Waals surface area contributed by atoms with Crippen LogP contribution in [-0.2, 0) is 11.2 Å². The Hall–Kier alpha value is -1.81. The summed E-state index contributed by atoms with van der Waals surface area (Å²) in [5.41, 5.74) is 3.24. The molecule has 0 fully saturated rings. The summed E-state index contributed by atoms with van der Waals surface area (Å²) in [6.07, 6.45) is 8.42. The predicted molar refractivity (Wildman–Crippen MR) is 78.7 cm³/mol. The monoisotopic (exact) mass is 252 g/mol. The van der Waals surface area contributed by atoms with Gasteiger partial charge >= 0.3 is 0 Å². The number of hydrogen-bond donors (Lipinski definition) is 0. The van der Waals surface area contributed by atoms with E-state index in [0.29, 0.717) is 0 Å². The van der Waals surface area contributed by atoms with Gasteiger partial charge in [0, 0.05) is 17.6 Å². The van der Waals surface area contributed by atoms with Crippen molar-refractivity contribution in [2.24, 2.45) is 0 Å². The standard InChI is InChI=1S/C18H20O/c19-15-18-13-7-2-1-6-12-17(18)14-8-11-16-9-4-3-5-10-16/h3-5,9-10,15H,1-2,6-7,11-13H2/b18-17-. The van der Waals surface area contributed by atoms with Crippen molar-refractivity contribution in [1.82, 2.24) is 0 Å². The van der Waals surface area contributed by atoms with Crippen LogP contribution < -0.4 is 0 Å². The SMILES string of the molecule is O=C/C1=C(\C#CCc2ccccc2)CCCCCC1. The van der Waals surface area contributed by atoms with E-state index < -0.39 is 0 Å². The van der Waals surface area contributed by atoms with E-state index in [1.165, 1.54) is 18.4 Å². The zero-order valence-corrected chi connectivity index (χ0v) is 11.3. The van der Waals surface area contributed by atoms with Crippen LogP contribution in [0.1, 0.15) is 44.1 Å². The van der Waals surface area contributed by atoms with Crippen molar-refractivity contribution in [3.63, 3.8) is 0 Å². The van der Waals surface area contributed by atoms with Gasteiger partial charge in [0.25, 0.3) is 0 Å². The number of hydrogen-bond acceptors (Lipinski definition) is 1. The van der Waals surface area contributed by atoms with E-state index in [2.05, 4.69) is 24.0 Å². The fraction of sp³-hybridized carbons (Fsp3) is 0.389. The average molecular weight is 252 g/mol. The van der Waals surface area contributed by atoms with Gasteiger partial charge in [0.15, 0.2) is 0 Å². The van der Waals surface area contributed by atoms with Crippen LogP contribution in [0, 0.1) is 11.8 Å². The molecule has 0 saturated carbocycles. The van der Waals surface area contributed by atoms with Crippen molar-refractivity contribution >= 4 is 6.29 Å². The minimum Gasteiger partial charge on any atom is -0.298 e. The zero-order chi connectivity index (χ0) is 13.3. The maximum absolute atomic E-state index is 11.1. The normalized spacial score (nSPS) is 19.8. The lowest BCUT2D eigenvalue weighted by Crippen LogP contribution is -1.97. The lowest BCUT2D eigenvalue weighted by molar-refractivity contribution is -0.105. The van der Waals surface area contributed by atoms with E-state index in [4.69, 9.17) is 0 Å². The van der Waals surface area contributed by atoms with Gasteiger partial charge in [0.05, 0.1) is 0 Å². The molecule has 0 spiro atoms. The van der Waals surface area contributed by atoms with Crippen molar-refractivity contribution < 1.29 is 4.79 Å². The first-order valence-corrected chi connectivity index (χ1v) is 7.10. The molecule has 0 heterocycles. The molecule has 1 aromatic carbocycles. The van der Waals surface area contributed by atoms with Gasteiger partial charge in [-0.05, 0) is 31.2 Å². The molecule has 0 bridgehead atoms. The van der Waals surface area contributed by atoms with Crippen molar-refractivity contribution in [1.29, 1.82) is 0 Å². The fourth-order valence-electron chi connectivity index (χ4n) is 2.40. The third-order valence-corrected chi connectivity index (χ3v) is 3.53. The highest BCUT2D eigenvalue weighted by Crippen LogP contribution is 2.21. The molecule has 0 aliphatic heterocycles. The topological polar surface area (TPSA) is 17.1 Å². The summed E-state index contributed by atoms with van der Waals surface area (Å²) in [4.78, 5) is 11.1. The zero-order valence-electron chi connectivity index (χ0n) is 11.3. The number of allylic oxidation sites excluding steroid dienone is 2. The molecule has 0 unspecified atom stereocenters. The first-order valence-electron chi connectivity index (χ1n) is 7.10. The van der Waals surface area contributed by atoms with Crippen molar-refractivity contribution in [2.75, 3.05) is 0 Å². The van der Waals surface area contributed by atoms with Gasteiger partial charge < -0.3 is 0 Å². The Morgan fingerprint density at radius 3 is 2.47 bits per heavy atom. The van der Waals surface area contributed by atoms with Crippen LogP contribution in [0.25, 0.3) is 0 Å². The van der Waals surface area contributed by atoms with Crippen LogP contribution in [-0.4, -0.2) is 6.29 Å². The van der Waals surface area contributed by atoms with E-state index in [-0.39, 0.29) is 0 Å². The molecule has 98 valence electrons. The van der Waals surface area contributed by atoms with Crippen LogP contribution in [0.5, 0.6) is 0 Å². The summed E-state index contributed by atoms with van der Waals surface area (Å²) < 4.78 is 0. The average Bonchev–Trinajstić information content (AvgIpc) is 2.43. The Balaban J connectivity index is 2.08. The summed E-state index contributed by atoms with van der Waals surface area (Å²) in [5.74, 6) is 6.45. The lowest BCUT2D eigenvalue weighted by Gasteiger charge is -2.10. The van der Waals surface area contributed by atoms with E-state index in [1.54, 1.807) is 0 Å². The van der Waals surface area contributed by atoms with E-state index >= 15 is 0 Å². The van der Waals surface area contributed by atoms with Gasteiger partial charge in [-0.1, -0.05) is 55.0 Å². The molecule has 1 aliphatic carbocycles. The minimum absolute atomic E-state index is 0.760. The molecule has 1 aliphatic rings. The van der Waals surface area contributed by atoms with Crippen LogP contribution >= 0.6 is 0 Å². The van der Waals surface area contributed by atoms with E-state index in [1.807, 2.05) is 18.2 Å². The molecule has 2 rings (SSSR count). The van der Waals surface area contributed by atoms with Crippen LogP contribution in [0.15, 0.2) is 41.5 Å². The molecule has 1 nitrogen and oxygen atoms in total. The van der Waals surface area contributed by atoms with Gasteiger partial charge in [0.2, 0.25) is 0 Å². The first kappa shape index (κ1) is 13.6. The predicted octanol–water partition coefficient (Wildman–Crippen LogP) is 4.08. The fourth-order valence-corrected chi connectivity index (χ4v) is 2.40. The number of carbonyl (C=O) groups excluding carboxylic acids is 1. The summed E-state index contributed by atoms with van der Waals surface area (Å²) in [5, 5.41) is 0. The van der Waals surface area contributed by atoms with Crippen LogP contribution in [0.2, 0.25) is 0 Å². The third-order valence-electron chi connectivity index (χ3n) is 3.53. The molecule has 0 atom stereocenters. The Morgan fingerprint density at radius 1 is 1.00 bits per heavy atom. The molecule has 0 amide bonds. The second-order valence-electron chi connectivity index (χ2n) is 5.00. The molecular formula is C18H20O. The maximum atomic E-state index is 11.1. The molecule has 0 radical (unpaired) electrons. The highest BCUT2D eigenvalue weighted by Gasteiger charge is 2.07. The molecule has 19 heavy (non-hydrogen) atoms. The largest absolute Gasteiger partial charge is 0.298 e. The molecular weight excluding hydrogens is 232 g/mol. The molecule has 0 aromatic heterocycles.